The lowest BCUT2D eigenvalue weighted by atomic mass is 10.0. The van der Waals surface area contributed by atoms with E-state index in [1.54, 1.807) is 7.11 Å². The molecule has 0 unspecified atom stereocenters. The van der Waals surface area contributed by atoms with Crippen molar-refractivity contribution in [1.82, 2.24) is 20.1 Å². The zero-order valence-corrected chi connectivity index (χ0v) is 17.6. The molecule has 2 heterocycles. The van der Waals surface area contributed by atoms with Gasteiger partial charge in [0.15, 0.2) is 0 Å². The number of benzene rings is 2. The average molecular weight is 405 g/mol. The molecule has 1 N–H and O–H groups in total. The maximum atomic E-state index is 13.1. The van der Waals surface area contributed by atoms with Crippen LogP contribution in [0.5, 0.6) is 5.75 Å². The van der Waals surface area contributed by atoms with Crippen molar-refractivity contribution in [3.63, 3.8) is 0 Å². The van der Waals surface area contributed by atoms with Crippen LogP contribution in [-0.2, 0) is 0 Å². The van der Waals surface area contributed by atoms with Gasteiger partial charge in [0.1, 0.15) is 5.75 Å². The summed E-state index contributed by atoms with van der Waals surface area (Å²) in [5.41, 5.74) is 3.20. The van der Waals surface area contributed by atoms with Crippen molar-refractivity contribution in [3.05, 3.63) is 60.2 Å². The molecular weight excluding hydrogens is 376 g/mol. The van der Waals surface area contributed by atoms with E-state index < -0.39 is 0 Å². The summed E-state index contributed by atoms with van der Waals surface area (Å²) >= 11 is 0. The number of para-hydroxylation sites is 1. The number of hydrogen-bond donors (Lipinski definition) is 1. The van der Waals surface area contributed by atoms with Crippen molar-refractivity contribution in [3.8, 4) is 17.0 Å². The van der Waals surface area contributed by atoms with Gasteiger partial charge < -0.3 is 15.0 Å². The number of hydrogen-bond acceptors (Lipinski definition) is 5. The molecular formula is C24H28N4O2. The Balaban J connectivity index is 1.53. The molecule has 2 aromatic carbocycles. The summed E-state index contributed by atoms with van der Waals surface area (Å²) in [6.45, 7) is 5.76. The zero-order valence-electron chi connectivity index (χ0n) is 17.6. The Labute approximate surface area is 177 Å². The second-order valence-electron chi connectivity index (χ2n) is 7.70. The van der Waals surface area contributed by atoms with Crippen LogP contribution in [0.25, 0.3) is 22.2 Å². The molecule has 0 bridgehead atoms. The smallest absolute Gasteiger partial charge is 0.252 e. The first kappa shape index (κ1) is 20.3. The monoisotopic (exact) mass is 404 g/mol. The highest BCUT2D eigenvalue weighted by molar-refractivity contribution is 6.07. The molecule has 1 fully saturated rings. The number of ether oxygens (including phenoxy) is 1. The van der Waals surface area contributed by atoms with Gasteiger partial charge in [0, 0.05) is 50.2 Å². The number of nitrogens with one attached hydrogen (secondary N) is 1. The first-order valence-electron chi connectivity index (χ1n) is 10.4. The second kappa shape index (κ2) is 9.24. The lowest BCUT2D eigenvalue weighted by Crippen LogP contribution is -2.46. The van der Waals surface area contributed by atoms with E-state index in [1.807, 2.05) is 54.6 Å². The van der Waals surface area contributed by atoms with Gasteiger partial charge in [-0.2, -0.15) is 0 Å². The summed E-state index contributed by atoms with van der Waals surface area (Å²) in [6, 6.07) is 17.4. The Morgan fingerprint density at radius 2 is 1.80 bits per heavy atom. The Morgan fingerprint density at radius 1 is 1.07 bits per heavy atom. The molecule has 0 atom stereocenters. The van der Waals surface area contributed by atoms with Crippen molar-refractivity contribution >= 4 is 16.8 Å². The highest BCUT2D eigenvalue weighted by atomic mass is 16.5. The average Bonchev–Trinajstić information content (AvgIpc) is 2.79. The third-order valence-corrected chi connectivity index (χ3v) is 5.66. The normalized spacial score (nSPS) is 15.3. The number of aromatic nitrogens is 1. The van der Waals surface area contributed by atoms with Crippen LogP contribution in [0.1, 0.15) is 10.4 Å². The van der Waals surface area contributed by atoms with Gasteiger partial charge in [-0.1, -0.05) is 18.2 Å². The van der Waals surface area contributed by atoms with Gasteiger partial charge in [0.25, 0.3) is 5.91 Å². The number of nitrogens with zero attached hydrogens (tertiary/aromatic N) is 3. The second-order valence-corrected chi connectivity index (χ2v) is 7.70. The lowest BCUT2D eigenvalue weighted by molar-refractivity contribution is 0.0942. The van der Waals surface area contributed by atoms with E-state index >= 15 is 0 Å². The van der Waals surface area contributed by atoms with Gasteiger partial charge in [-0.15, -0.1) is 0 Å². The summed E-state index contributed by atoms with van der Waals surface area (Å²) in [4.78, 5) is 22.6. The van der Waals surface area contributed by atoms with E-state index in [9.17, 15) is 4.79 Å². The first-order valence-corrected chi connectivity index (χ1v) is 10.4. The molecule has 30 heavy (non-hydrogen) atoms. The van der Waals surface area contributed by atoms with E-state index in [-0.39, 0.29) is 5.91 Å². The topological polar surface area (TPSA) is 57.7 Å². The van der Waals surface area contributed by atoms with Crippen LogP contribution in [0.3, 0.4) is 0 Å². The van der Waals surface area contributed by atoms with E-state index in [2.05, 4.69) is 22.2 Å². The Morgan fingerprint density at radius 3 is 2.53 bits per heavy atom. The maximum Gasteiger partial charge on any atom is 0.252 e. The lowest BCUT2D eigenvalue weighted by Gasteiger charge is -2.32. The van der Waals surface area contributed by atoms with Crippen molar-refractivity contribution in [2.24, 2.45) is 0 Å². The summed E-state index contributed by atoms with van der Waals surface area (Å²) in [5, 5.41) is 3.97. The quantitative estimate of drug-likeness (QED) is 0.685. The van der Waals surface area contributed by atoms with Crippen LogP contribution in [-0.4, -0.2) is 74.1 Å². The van der Waals surface area contributed by atoms with Crippen molar-refractivity contribution in [2.75, 3.05) is 53.4 Å². The highest BCUT2D eigenvalue weighted by Gasteiger charge is 2.16. The molecule has 0 saturated carbocycles. The number of methoxy groups -OCH3 is 1. The maximum absolute atomic E-state index is 13.1. The van der Waals surface area contributed by atoms with Gasteiger partial charge in [-0.25, -0.2) is 4.98 Å². The predicted octanol–water partition coefficient (Wildman–Crippen LogP) is 2.89. The minimum absolute atomic E-state index is 0.0579. The Hall–Kier alpha value is -2.96. The highest BCUT2D eigenvalue weighted by Crippen LogP contribution is 2.26. The molecule has 6 heteroatoms. The fourth-order valence-electron chi connectivity index (χ4n) is 3.77. The number of rotatable bonds is 6. The molecule has 1 amide bonds. The number of piperazine rings is 1. The van der Waals surface area contributed by atoms with Crippen LogP contribution in [0.2, 0.25) is 0 Å². The van der Waals surface area contributed by atoms with Crippen molar-refractivity contribution in [1.29, 1.82) is 0 Å². The van der Waals surface area contributed by atoms with Gasteiger partial charge in [0.05, 0.1) is 23.9 Å². The van der Waals surface area contributed by atoms with Crippen LogP contribution < -0.4 is 10.1 Å². The van der Waals surface area contributed by atoms with E-state index in [1.165, 1.54) is 0 Å². The van der Waals surface area contributed by atoms with Crippen LogP contribution in [0.4, 0.5) is 0 Å². The number of carbonyl (C=O) groups is 1. The third kappa shape index (κ3) is 4.61. The van der Waals surface area contributed by atoms with Gasteiger partial charge in [-0.05, 0) is 43.4 Å². The van der Waals surface area contributed by atoms with E-state index in [0.717, 1.165) is 60.6 Å². The molecule has 1 aromatic heterocycles. The van der Waals surface area contributed by atoms with Crippen molar-refractivity contribution in [2.45, 2.75) is 0 Å². The van der Waals surface area contributed by atoms with E-state index in [4.69, 9.17) is 9.72 Å². The number of pyridine rings is 1. The van der Waals surface area contributed by atoms with Gasteiger partial charge >= 0.3 is 0 Å². The summed E-state index contributed by atoms with van der Waals surface area (Å²) < 4.78 is 5.25. The molecule has 0 spiro atoms. The van der Waals surface area contributed by atoms with Gasteiger partial charge in [-0.3, -0.25) is 9.69 Å². The predicted molar refractivity (Wildman–Crippen MR) is 120 cm³/mol. The fourth-order valence-corrected chi connectivity index (χ4v) is 3.77. The minimum Gasteiger partial charge on any atom is -0.497 e. The van der Waals surface area contributed by atoms with Crippen LogP contribution >= 0.6 is 0 Å². The Kier molecular flexibility index (Phi) is 6.26. The number of carbonyl (C=O) groups excluding carboxylic acids is 1. The molecule has 1 aliphatic heterocycles. The van der Waals surface area contributed by atoms with Gasteiger partial charge in [0.2, 0.25) is 0 Å². The number of amides is 1. The molecule has 4 rings (SSSR count). The molecule has 3 aromatic rings. The molecule has 6 nitrogen and oxygen atoms in total. The zero-order chi connectivity index (χ0) is 20.9. The summed E-state index contributed by atoms with van der Waals surface area (Å²) in [7, 11) is 3.79. The molecule has 0 aliphatic carbocycles. The summed E-state index contributed by atoms with van der Waals surface area (Å²) in [6.07, 6.45) is 0. The van der Waals surface area contributed by atoms with E-state index in [0.29, 0.717) is 12.1 Å². The summed E-state index contributed by atoms with van der Waals surface area (Å²) in [5.74, 6) is 0.735. The number of fused-ring (bicyclic) bond motifs is 1. The van der Waals surface area contributed by atoms with Crippen molar-refractivity contribution < 1.29 is 9.53 Å². The van der Waals surface area contributed by atoms with Crippen LogP contribution in [0.15, 0.2) is 54.6 Å². The molecule has 1 aliphatic rings. The molecule has 156 valence electrons. The SMILES string of the molecule is COc1ccc(-c2cc(C(=O)NCCN3CCN(C)CC3)c3ccccc3n2)cc1. The molecule has 1 saturated heterocycles. The standard InChI is InChI=1S/C24H28N4O2/c1-27-13-15-28(16-14-27)12-11-25-24(29)21-17-23(18-7-9-19(30-2)10-8-18)26-22-6-4-3-5-20(21)22/h3-10,17H,11-16H2,1-2H3,(H,25,29). The number of likely N-dealkylation sites (N-methyl/N-ethyl adjacent to an activating group) is 1. The largest absolute Gasteiger partial charge is 0.497 e. The fraction of sp³-hybridized carbons (Fsp3) is 0.333. The van der Waals surface area contributed by atoms with Crippen LogP contribution in [0, 0.1) is 0 Å². The minimum atomic E-state index is -0.0579. The first-order chi connectivity index (χ1) is 14.6. The molecule has 0 radical (unpaired) electrons. The third-order valence-electron chi connectivity index (χ3n) is 5.66. The Bertz CT molecular complexity index is 1010.